The van der Waals surface area contributed by atoms with E-state index in [1.54, 1.807) is 0 Å². The van der Waals surface area contributed by atoms with E-state index in [-0.39, 0.29) is 18.1 Å². The molecule has 3 N–H and O–H groups in total. The van der Waals surface area contributed by atoms with Gasteiger partial charge < -0.3 is 0 Å². The molecule has 0 aromatic carbocycles. The van der Waals surface area contributed by atoms with Gasteiger partial charge in [0.2, 0.25) is 0 Å². The monoisotopic (exact) mass is 269 g/mol. The lowest BCUT2D eigenvalue weighted by atomic mass is 10.8. The predicted octanol–water partition coefficient (Wildman–Crippen LogP) is -0.488. The number of halogens is 1. The Balaban J connectivity index is 0. The van der Waals surface area contributed by atoms with Crippen LogP contribution < -0.4 is 4.84 Å². The fourth-order valence-corrected chi connectivity index (χ4v) is 0.734. The number of nitrogens with one attached hydrogen (secondary N) is 1. The molecule has 0 aromatic rings. The third-order valence-corrected chi connectivity index (χ3v) is 2.46. The van der Waals surface area contributed by atoms with Crippen LogP contribution in [0.3, 0.4) is 0 Å². The second kappa shape index (κ2) is 7.37. The van der Waals surface area contributed by atoms with Gasteiger partial charge >= 0.3 is 0 Å². The minimum Gasteiger partial charge on any atom is -0.286 e. The van der Waals surface area contributed by atoms with E-state index in [0.29, 0.717) is 0 Å². The molecule has 0 amide bonds. The molecule has 0 aliphatic heterocycles. The second-order valence-corrected chi connectivity index (χ2v) is 5.62. The van der Waals surface area contributed by atoms with E-state index < -0.39 is 20.2 Å². The van der Waals surface area contributed by atoms with Crippen molar-refractivity contribution in [3.8, 4) is 0 Å². The molecule has 0 heterocycles. The minimum atomic E-state index is -3.83. The summed E-state index contributed by atoms with van der Waals surface area (Å²) in [6.45, 7) is 1.43. The zero-order valence-corrected chi connectivity index (χ0v) is 9.73. The molecule has 0 bridgehead atoms. The van der Waals surface area contributed by atoms with Gasteiger partial charge in [0.25, 0.3) is 20.2 Å². The Labute approximate surface area is 88.1 Å². The van der Waals surface area contributed by atoms with Crippen LogP contribution in [0.2, 0.25) is 0 Å². The van der Waals surface area contributed by atoms with Crippen molar-refractivity contribution < 1.29 is 25.9 Å². The molecule has 0 aliphatic rings. The van der Waals surface area contributed by atoms with Crippen LogP contribution in [0.1, 0.15) is 6.92 Å². The van der Waals surface area contributed by atoms with E-state index in [9.17, 15) is 16.8 Å². The molecule has 0 saturated carbocycles. The maximum atomic E-state index is 9.85. The molecular formula is C4H12ClNO6S2. The first-order valence-electron chi connectivity index (χ1n) is 3.36. The molecule has 0 unspecified atom stereocenters. The van der Waals surface area contributed by atoms with Crippen LogP contribution in [0, 0.1) is 0 Å². The van der Waals surface area contributed by atoms with E-state index in [1.807, 2.05) is 0 Å². The molecule has 0 spiro atoms. The summed E-state index contributed by atoms with van der Waals surface area (Å²) in [6.07, 6.45) is 0. The van der Waals surface area contributed by atoms with Gasteiger partial charge in [-0.15, -0.1) is 0 Å². The predicted molar refractivity (Wildman–Crippen MR) is 52.4 cm³/mol. The van der Waals surface area contributed by atoms with Gasteiger partial charge in [0.1, 0.15) is 0 Å². The molecule has 0 aromatic heterocycles. The Morgan fingerprint density at radius 1 is 1.14 bits per heavy atom. The molecular weight excluding hydrogens is 258 g/mol. The highest BCUT2D eigenvalue weighted by Crippen LogP contribution is 1.78. The van der Waals surface area contributed by atoms with Crippen molar-refractivity contribution in [3.63, 3.8) is 0 Å². The van der Waals surface area contributed by atoms with E-state index >= 15 is 0 Å². The fraction of sp³-hybridized carbons (Fsp3) is 1.00. The van der Waals surface area contributed by atoms with Gasteiger partial charge in [-0.2, -0.15) is 16.8 Å². The Bertz CT molecular complexity index is 322. The lowest BCUT2D eigenvalue weighted by Crippen LogP contribution is -2.14. The van der Waals surface area contributed by atoms with E-state index in [0.717, 1.165) is 0 Å². The van der Waals surface area contributed by atoms with Crippen LogP contribution in [-0.2, 0) is 20.2 Å². The standard InChI is InChI=1S/C2H6ClNO3S.C2H6O3S/c3-4-1-2-8(5,6)7;1-2-6(3,4)5/h4H,1-2H2,(H,5,6,7);2H2,1H3,(H,3,4,5). The van der Waals surface area contributed by atoms with Crippen molar-refractivity contribution in [3.05, 3.63) is 0 Å². The highest BCUT2D eigenvalue weighted by atomic mass is 35.5. The summed E-state index contributed by atoms with van der Waals surface area (Å²) in [4.78, 5) is 2.06. The minimum absolute atomic E-state index is 0.0559. The van der Waals surface area contributed by atoms with Gasteiger partial charge in [-0.25, -0.2) is 4.84 Å². The van der Waals surface area contributed by atoms with Gasteiger partial charge in [-0.3, -0.25) is 9.11 Å². The summed E-state index contributed by atoms with van der Waals surface area (Å²) in [5.41, 5.74) is 0. The summed E-state index contributed by atoms with van der Waals surface area (Å²) < 4.78 is 54.6. The van der Waals surface area contributed by atoms with Crippen molar-refractivity contribution >= 4 is 32.0 Å². The Hall–Kier alpha value is 0.0700. The highest BCUT2D eigenvalue weighted by Gasteiger charge is 2.00. The highest BCUT2D eigenvalue weighted by molar-refractivity contribution is 7.86. The first-order chi connectivity index (χ1) is 6.12. The first-order valence-corrected chi connectivity index (χ1v) is 6.96. The quantitative estimate of drug-likeness (QED) is 0.465. The van der Waals surface area contributed by atoms with E-state index in [1.165, 1.54) is 6.92 Å². The summed E-state index contributed by atoms with van der Waals surface area (Å²) in [5.74, 6) is -0.552. The molecule has 10 heteroatoms. The SMILES string of the molecule is CCS(=O)(=O)O.O=S(=O)(O)CCNCl. The molecule has 0 fully saturated rings. The smallest absolute Gasteiger partial charge is 0.266 e. The van der Waals surface area contributed by atoms with Gasteiger partial charge in [0, 0.05) is 6.54 Å². The normalized spacial score (nSPS) is 11.7. The lowest BCUT2D eigenvalue weighted by Gasteiger charge is -1.90. The van der Waals surface area contributed by atoms with Gasteiger partial charge in [0.05, 0.1) is 11.5 Å². The molecule has 0 rings (SSSR count). The number of hydrogen-bond donors (Lipinski definition) is 3. The molecule has 88 valence electrons. The van der Waals surface area contributed by atoms with Crippen molar-refractivity contribution in [2.45, 2.75) is 6.92 Å². The average molecular weight is 270 g/mol. The summed E-state index contributed by atoms with van der Waals surface area (Å²) in [5, 5.41) is 0. The van der Waals surface area contributed by atoms with Crippen molar-refractivity contribution in [2.24, 2.45) is 0 Å². The molecule has 14 heavy (non-hydrogen) atoms. The number of rotatable bonds is 4. The van der Waals surface area contributed by atoms with E-state index in [2.05, 4.69) is 4.84 Å². The van der Waals surface area contributed by atoms with Crippen LogP contribution in [0.5, 0.6) is 0 Å². The Morgan fingerprint density at radius 3 is 1.57 bits per heavy atom. The Morgan fingerprint density at radius 2 is 1.50 bits per heavy atom. The molecule has 0 saturated heterocycles. The zero-order chi connectivity index (χ0) is 11.8. The maximum absolute atomic E-state index is 9.85. The fourth-order valence-electron chi connectivity index (χ4n) is 0.168. The summed E-state index contributed by atoms with van der Waals surface area (Å²) in [6, 6.07) is 0. The molecule has 7 nitrogen and oxygen atoms in total. The molecule has 0 radical (unpaired) electrons. The van der Waals surface area contributed by atoms with Crippen LogP contribution in [0.4, 0.5) is 0 Å². The van der Waals surface area contributed by atoms with Crippen molar-refractivity contribution in [1.82, 2.24) is 4.84 Å². The third-order valence-electron chi connectivity index (χ3n) is 0.819. The average Bonchev–Trinajstić information content (AvgIpc) is 1.99. The first kappa shape index (κ1) is 16.5. The van der Waals surface area contributed by atoms with Crippen LogP contribution in [0.15, 0.2) is 0 Å². The Kier molecular flexibility index (Phi) is 8.69. The maximum Gasteiger partial charge on any atom is 0.266 e. The van der Waals surface area contributed by atoms with Crippen LogP contribution >= 0.6 is 11.8 Å². The largest absolute Gasteiger partial charge is 0.286 e. The molecule has 0 atom stereocenters. The van der Waals surface area contributed by atoms with Gasteiger partial charge in [-0.1, -0.05) is 0 Å². The summed E-state index contributed by atoms with van der Waals surface area (Å²) in [7, 11) is -7.50. The van der Waals surface area contributed by atoms with Crippen LogP contribution in [0.25, 0.3) is 0 Å². The molecule has 0 aliphatic carbocycles. The number of hydrogen-bond acceptors (Lipinski definition) is 5. The van der Waals surface area contributed by atoms with Crippen molar-refractivity contribution in [2.75, 3.05) is 18.1 Å². The topological polar surface area (TPSA) is 121 Å². The third kappa shape index (κ3) is 22.7. The van der Waals surface area contributed by atoms with Gasteiger partial charge in [-0.05, 0) is 18.7 Å². The van der Waals surface area contributed by atoms with Crippen LogP contribution in [-0.4, -0.2) is 44.0 Å². The lowest BCUT2D eigenvalue weighted by molar-refractivity contribution is 0.481. The summed E-state index contributed by atoms with van der Waals surface area (Å²) >= 11 is 4.88. The van der Waals surface area contributed by atoms with Crippen molar-refractivity contribution in [1.29, 1.82) is 0 Å². The zero-order valence-electron chi connectivity index (χ0n) is 7.34. The van der Waals surface area contributed by atoms with Gasteiger partial charge in [0.15, 0.2) is 0 Å². The second-order valence-electron chi connectivity index (χ2n) is 2.04. The van der Waals surface area contributed by atoms with E-state index in [4.69, 9.17) is 20.9 Å².